The van der Waals surface area contributed by atoms with Crippen molar-refractivity contribution < 1.29 is 14.2 Å². The summed E-state index contributed by atoms with van der Waals surface area (Å²) in [6, 6.07) is 4.02. The van der Waals surface area contributed by atoms with Crippen molar-refractivity contribution in [1.82, 2.24) is 10.2 Å². The fraction of sp³-hybridized carbons (Fsp3) is 0.647. The zero-order valence-corrected chi connectivity index (χ0v) is 15.7. The summed E-state index contributed by atoms with van der Waals surface area (Å²) < 4.78 is 17.6. The number of rotatable bonds is 9. The van der Waals surface area contributed by atoms with E-state index in [2.05, 4.69) is 32.2 Å². The van der Waals surface area contributed by atoms with E-state index in [-0.39, 0.29) is 0 Å². The number of nitrogens with one attached hydrogen (secondary N) is 1. The van der Waals surface area contributed by atoms with Crippen LogP contribution in [0, 0.1) is 0 Å². The average Bonchev–Trinajstić information content (AvgIpc) is 2.57. The second-order valence-corrected chi connectivity index (χ2v) is 6.43. The Morgan fingerprint density at radius 2 is 2.09 bits per heavy atom. The fourth-order valence-corrected chi connectivity index (χ4v) is 3.17. The second-order valence-electron chi connectivity index (χ2n) is 5.51. The lowest BCUT2D eigenvalue weighted by molar-refractivity contribution is 0.0374. The molecule has 0 amide bonds. The van der Waals surface area contributed by atoms with Crippen LogP contribution < -0.4 is 14.8 Å². The highest BCUT2D eigenvalue weighted by Gasteiger charge is 2.12. The van der Waals surface area contributed by atoms with Gasteiger partial charge in [-0.05, 0) is 38.6 Å². The van der Waals surface area contributed by atoms with E-state index in [0.717, 1.165) is 73.9 Å². The molecule has 5 nitrogen and oxygen atoms in total. The average molecular weight is 387 g/mol. The van der Waals surface area contributed by atoms with Crippen LogP contribution >= 0.6 is 15.9 Å². The first-order valence-electron chi connectivity index (χ1n) is 8.24. The predicted molar refractivity (Wildman–Crippen MR) is 95.4 cm³/mol. The molecular weight excluding hydrogens is 360 g/mol. The maximum Gasteiger partial charge on any atom is 0.165 e. The first-order valence-corrected chi connectivity index (χ1v) is 9.04. The molecule has 6 heteroatoms. The molecule has 1 aliphatic heterocycles. The summed E-state index contributed by atoms with van der Waals surface area (Å²) in [5.74, 6) is 1.60. The van der Waals surface area contributed by atoms with Crippen LogP contribution in [0.15, 0.2) is 16.6 Å². The summed E-state index contributed by atoms with van der Waals surface area (Å²) in [5, 5.41) is 3.50. The molecule has 1 aromatic rings. The highest BCUT2D eigenvalue weighted by molar-refractivity contribution is 9.10. The molecule has 1 fully saturated rings. The van der Waals surface area contributed by atoms with Gasteiger partial charge in [0.2, 0.25) is 0 Å². The summed E-state index contributed by atoms with van der Waals surface area (Å²) in [7, 11) is 1.67. The normalized spacial score (nSPS) is 15.6. The minimum absolute atomic E-state index is 0.627. The summed E-state index contributed by atoms with van der Waals surface area (Å²) in [6.45, 7) is 9.33. The standard InChI is InChI=1S/C17H27BrN2O3/c1-3-23-17-14(11-15(18)12-16(17)21-2)13-19-5-4-6-20-7-9-22-10-8-20/h11-12,19H,3-10,13H2,1-2H3. The Hall–Kier alpha value is -0.820. The van der Waals surface area contributed by atoms with Gasteiger partial charge in [-0.1, -0.05) is 15.9 Å². The fourth-order valence-electron chi connectivity index (χ4n) is 2.69. The summed E-state index contributed by atoms with van der Waals surface area (Å²) >= 11 is 3.53. The van der Waals surface area contributed by atoms with Gasteiger partial charge in [-0.15, -0.1) is 0 Å². The number of hydrogen-bond donors (Lipinski definition) is 1. The van der Waals surface area contributed by atoms with Crippen LogP contribution in [0.2, 0.25) is 0 Å². The van der Waals surface area contributed by atoms with Gasteiger partial charge >= 0.3 is 0 Å². The lowest BCUT2D eigenvalue weighted by atomic mass is 10.2. The highest BCUT2D eigenvalue weighted by atomic mass is 79.9. The van der Waals surface area contributed by atoms with Gasteiger partial charge < -0.3 is 19.5 Å². The third-order valence-electron chi connectivity index (χ3n) is 3.85. The van der Waals surface area contributed by atoms with Crippen molar-refractivity contribution in [3.63, 3.8) is 0 Å². The molecule has 130 valence electrons. The molecule has 0 bridgehead atoms. The zero-order chi connectivity index (χ0) is 16.5. The highest BCUT2D eigenvalue weighted by Crippen LogP contribution is 2.34. The lowest BCUT2D eigenvalue weighted by Crippen LogP contribution is -2.37. The van der Waals surface area contributed by atoms with Gasteiger partial charge in [0.1, 0.15) is 0 Å². The van der Waals surface area contributed by atoms with Crippen LogP contribution in [-0.4, -0.2) is 58.0 Å². The van der Waals surface area contributed by atoms with E-state index >= 15 is 0 Å². The zero-order valence-electron chi connectivity index (χ0n) is 14.1. The first kappa shape index (κ1) is 18.5. The van der Waals surface area contributed by atoms with Crippen LogP contribution in [0.4, 0.5) is 0 Å². The van der Waals surface area contributed by atoms with Gasteiger partial charge in [-0.3, -0.25) is 4.90 Å². The smallest absolute Gasteiger partial charge is 0.165 e. The van der Waals surface area contributed by atoms with Gasteiger partial charge in [0.25, 0.3) is 0 Å². The molecule has 2 rings (SSSR count). The molecule has 0 unspecified atom stereocenters. The van der Waals surface area contributed by atoms with E-state index < -0.39 is 0 Å². The summed E-state index contributed by atoms with van der Waals surface area (Å²) in [5.41, 5.74) is 1.12. The maximum atomic E-state index is 5.76. The molecule has 0 aliphatic carbocycles. The van der Waals surface area contributed by atoms with E-state index in [4.69, 9.17) is 14.2 Å². The van der Waals surface area contributed by atoms with Gasteiger partial charge in [-0.25, -0.2) is 0 Å². The lowest BCUT2D eigenvalue weighted by Gasteiger charge is -2.26. The molecular formula is C17H27BrN2O3. The van der Waals surface area contributed by atoms with Crippen molar-refractivity contribution >= 4 is 15.9 Å². The number of halogens is 1. The topological polar surface area (TPSA) is 43.0 Å². The molecule has 0 atom stereocenters. The first-order chi connectivity index (χ1) is 11.2. The molecule has 0 spiro atoms. The van der Waals surface area contributed by atoms with Crippen LogP contribution in [0.1, 0.15) is 18.9 Å². The third-order valence-corrected chi connectivity index (χ3v) is 4.31. The second kappa shape index (κ2) is 10.1. The van der Waals surface area contributed by atoms with Crippen molar-refractivity contribution in [2.75, 3.05) is 53.1 Å². The van der Waals surface area contributed by atoms with E-state index in [1.807, 2.05) is 13.0 Å². The minimum Gasteiger partial charge on any atom is -0.493 e. The van der Waals surface area contributed by atoms with E-state index in [1.165, 1.54) is 0 Å². The SMILES string of the molecule is CCOc1c(CNCCCN2CCOCC2)cc(Br)cc1OC. The molecule has 1 saturated heterocycles. The monoisotopic (exact) mass is 386 g/mol. The van der Waals surface area contributed by atoms with Crippen LogP contribution in [0.5, 0.6) is 11.5 Å². The van der Waals surface area contributed by atoms with Crippen molar-refractivity contribution in [3.8, 4) is 11.5 Å². The molecule has 23 heavy (non-hydrogen) atoms. The Morgan fingerprint density at radius 1 is 1.30 bits per heavy atom. The van der Waals surface area contributed by atoms with Crippen molar-refractivity contribution in [3.05, 3.63) is 22.2 Å². The van der Waals surface area contributed by atoms with Crippen molar-refractivity contribution in [2.24, 2.45) is 0 Å². The molecule has 0 saturated carbocycles. The number of morpholine rings is 1. The van der Waals surface area contributed by atoms with Gasteiger partial charge in [-0.2, -0.15) is 0 Å². The summed E-state index contributed by atoms with van der Waals surface area (Å²) in [4.78, 5) is 2.46. The minimum atomic E-state index is 0.627. The maximum absolute atomic E-state index is 5.76. The molecule has 1 N–H and O–H groups in total. The van der Waals surface area contributed by atoms with Crippen molar-refractivity contribution in [1.29, 1.82) is 0 Å². The van der Waals surface area contributed by atoms with Gasteiger partial charge in [0.05, 0.1) is 26.9 Å². The Bertz CT molecular complexity index is 479. The molecule has 0 aromatic heterocycles. The number of nitrogens with zero attached hydrogens (tertiary/aromatic N) is 1. The van der Waals surface area contributed by atoms with Gasteiger partial charge in [0.15, 0.2) is 11.5 Å². The molecule has 0 radical (unpaired) electrons. The van der Waals surface area contributed by atoms with Crippen LogP contribution in [0.3, 0.4) is 0 Å². The Morgan fingerprint density at radius 3 is 2.78 bits per heavy atom. The van der Waals surface area contributed by atoms with E-state index in [0.29, 0.717) is 6.61 Å². The number of ether oxygens (including phenoxy) is 3. The Kier molecular flexibility index (Phi) is 8.16. The largest absolute Gasteiger partial charge is 0.493 e. The molecule has 1 aromatic carbocycles. The Labute approximate surface area is 147 Å². The quantitative estimate of drug-likeness (QED) is 0.660. The van der Waals surface area contributed by atoms with Crippen LogP contribution in [-0.2, 0) is 11.3 Å². The molecule has 1 aliphatic rings. The number of hydrogen-bond acceptors (Lipinski definition) is 5. The number of benzene rings is 1. The van der Waals surface area contributed by atoms with Crippen molar-refractivity contribution in [2.45, 2.75) is 19.9 Å². The van der Waals surface area contributed by atoms with Crippen LogP contribution in [0.25, 0.3) is 0 Å². The third kappa shape index (κ3) is 5.95. The molecule has 1 heterocycles. The van der Waals surface area contributed by atoms with E-state index in [1.54, 1.807) is 7.11 Å². The van der Waals surface area contributed by atoms with E-state index in [9.17, 15) is 0 Å². The van der Waals surface area contributed by atoms with Gasteiger partial charge in [0, 0.05) is 29.7 Å². The number of methoxy groups -OCH3 is 1. The predicted octanol–water partition coefficient (Wildman–Crippen LogP) is 2.67. The summed E-state index contributed by atoms with van der Waals surface area (Å²) in [6.07, 6.45) is 1.13. The Balaban J connectivity index is 1.80.